The minimum absolute atomic E-state index is 0.332. The van der Waals surface area contributed by atoms with E-state index in [0.717, 1.165) is 17.9 Å². The molecule has 0 amide bonds. The summed E-state index contributed by atoms with van der Waals surface area (Å²) in [6.45, 7) is 4.03. The van der Waals surface area contributed by atoms with Crippen molar-refractivity contribution in [2.24, 2.45) is 0 Å². The summed E-state index contributed by atoms with van der Waals surface area (Å²) < 4.78 is 26.6. The highest BCUT2D eigenvalue weighted by Gasteiger charge is 2.13. The highest BCUT2D eigenvalue weighted by atomic mass is 32.2. The van der Waals surface area contributed by atoms with Gasteiger partial charge in [0.15, 0.2) is 0 Å². The topological polar surface area (TPSA) is 58.2 Å². The fraction of sp³-hybridized carbons (Fsp3) is 0.500. The summed E-state index contributed by atoms with van der Waals surface area (Å²) in [5.41, 5.74) is 0.976. The Labute approximate surface area is 114 Å². The van der Waals surface area contributed by atoms with E-state index in [9.17, 15) is 8.42 Å². The molecule has 0 spiro atoms. The molecule has 0 fully saturated rings. The van der Waals surface area contributed by atoms with Crippen LogP contribution < -0.4 is 10.0 Å². The number of thioether (sulfide) groups is 1. The lowest BCUT2D eigenvalue weighted by Gasteiger charge is -2.08. The van der Waals surface area contributed by atoms with Gasteiger partial charge in [0.05, 0.1) is 4.90 Å². The third kappa shape index (κ3) is 4.97. The molecule has 1 aromatic carbocycles. The Kier molecular flexibility index (Phi) is 6.70. The molecule has 0 saturated carbocycles. The summed E-state index contributed by atoms with van der Waals surface area (Å²) in [6, 6.07) is 7.03. The van der Waals surface area contributed by atoms with Crippen LogP contribution in [0.3, 0.4) is 0 Å². The average molecular weight is 288 g/mol. The van der Waals surface area contributed by atoms with Crippen molar-refractivity contribution in [1.29, 1.82) is 0 Å². The van der Waals surface area contributed by atoms with Gasteiger partial charge < -0.3 is 5.32 Å². The van der Waals surface area contributed by atoms with Crippen LogP contribution in [0.1, 0.15) is 12.5 Å². The molecule has 18 heavy (non-hydrogen) atoms. The fourth-order valence-electron chi connectivity index (χ4n) is 1.45. The van der Waals surface area contributed by atoms with Crippen LogP contribution in [0.2, 0.25) is 0 Å². The molecule has 0 saturated heterocycles. The van der Waals surface area contributed by atoms with Gasteiger partial charge in [0.25, 0.3) is 0 Å². The maximum atomic E-state index is 12.0. The molecule has 4 nitrogen and oxygen atoms in total. The summed E-state index contributed by atoms with van der Waals surface area (Å²) in [6.07, 6.45) is 1.95. The van der Waals surface area contributed by atoms with Crippen LogP contribution in [0, 0.1) is 0 Å². The lowest BCUT2D eigenvalue weighted by atomic mass is 10.2. The molecule has 0 heterocycles. The van der Waals surface area contributed by atoms with Crippen LogP contribution in [-0.2, 0) is 16.6 Å². The van der Waals surface area contributed by atoms with Crippen LogP contribution in [0.5, 0.6) is 0 Å². The van der Waals surface area contributed by atoms with Gasteiger partial charge in [0.2, 0.25) is 10.0 Å². The molecule has 0 radical (unpaired) electrons. The van der Waals surface area contributed by atoms with E-state index in [0.29, 0.717) is 18.0 Å². The fourth-order valence-corrected chi connectivity index (χ4v) is 2.99. The largest absolute Gasteiger partial charge is 0.313 e. The molecule has 0 unspecified atom stereocenters. The smallest absolute Gasteiger partial charge is 0.240 e. The van der Waals surface area contributed by atoms with Crippen molar-refractivity contribution in [3.8, 4) is 0 Å². The minimum Gasteiger partial charge on any atom is -0.313 e. The van der Waals surface area contributed by atoms with Crippen LogP contribution in [-0.4, -0.2) is 33.5 Å². The molecule has 0 aromatic heterocycles. The van der Waals surface area contributed by atoms with Crippen molar-refractivity contribution in [3.05, 3.63) is 29.8 Å². The molecule has 0 aliphatic heterocycles. The summed E-state index contributed by atoms with van der Waals surface area (Å²) >= 11 is 1.61. The molecular formula is C12H20N2O2S2. The molecule has 2 N–H and O–H groups in total. The molecule has 1 aromatic rings. The SMILES string of the molecule is CCNCc1cccc(S(=O)(=O)NCCSC)c1. The van der Waals surface area contributed by atoms with Gasteiger partial charge >= 0.3 is 0 Å². The first kappa shape index (κ1) is 15.5. The lowest BCUT2D eigenvalue weighted by molar-refractivity contribution is 0.584. The average Bonchev–Trinajstić information content (AvgIpc) is 2.37. The van der Waals surface area contributed by atoms with Crippen LogP contribution in [0.4, 0.5) is 0 Å². The zero-order chi connectivity index (χ0) is 13.4. The molecule has 102 valence electrons. The van der Waals surface area contributed by atoms with Crippen LogP contribution >= 0.6 is 11.8 Å². The molecule has 6 heteroatoms. The number of nitrogens with one attached hydrogen (secondary N) is 2. The third-order valence-corrected chi connectivity index (χ3v) is 4.46. The van der Waals surface area contributed by atoms with Crippen molar-refractivity contribution in [2.75, 3.05) is 25.1 Å². The lowest BCUT2D eigenvalue weighted by Crippen LogP contribution is -2.26. The zero-order valence-electron chi connectivity index (χ0n) is 10.8. The van der Waals surface area contributed by atoms with E-state index in [4.69, 9.17) is 0 Å². The van der Waals surface area contributed by atoms with E-state index in [1.54, 1.807) is 30.0 Å². The Bertz CT molecular complexity index is 461. The second-order valence-corrected chi connectivity index (χ2v) is 6.57. The molecule has 1 rings (SSSR count). The predicted molar refractivity (Wildman–Crippen MR) is 77.4 cm³/mol. The zero-order valence-corrected chi connectivity index (χ0v) is 12.4. The number of sulfonamides is 1. The van der Waals surface area contributed by atoms with E-state index in [1.165, 1.54) is 0 Å². The van der Waals surface area contributed by atoms with Gasteiger partial charge in [-0.3, -0.25) is 0 Å². The van der Waals surface area contributed by atoms with Crippen molar-refractivity contribution < 1.29 is 8.42 Å². The van der Waals surface area contributed by atoms with Gasteiger partial charge in [0, 0.05) is 18.8 Å². The highest BCUT2D eigenvalue weighted by Crippen LogP contribution is 2.11. The first-order valence-corrected chi connectivity index (χ1v) is 8.76. The second-order valence-electron chi connectivity index (χ2n) is 3.82. The molecule has 0 aliphatic rings. The summed E-state index contributed by atoms with van der Waals surface area (Å²) in [4.78, 5) is 0.332. The number of rotatable bonds is 8. The quantitative estimate of drug-likeness (QED) is 0.711. The molecule has 0 atom stereocenters. The maximum Gasteiger partial charge on any atom is 0.240 e. The predicted octanol–water partition coefficient (Wildman–Crippen LogP) is 1.44. The summed E-state index contributed by atoms with van der Waals surface area (Å²) in [5.74, 6) is 0.774. The Hall–Kier alpha value is -0.560. The van der Waals surface area contributed by atoms with Gasteiger partial charge in [-0.05, 0) is 30.5 Å². The van der Waals surface area contributed by atoms with E-state index in [2.05, 4.69) is 10.0 Å². The number of hydrogen-bond acceptors (Lipinski definition) is 4. The molecular weight excluding hydrogens is 268 g/mol. The Morgan fingerprint density at radius 3 is 2.78 bits per heavy atom. The van der Waals surface area contributed by atoms with Crippen LogP contribution in [0.25, 0.3) is 0 Å². The van der Waals surface area contributed by atoms with Crippen LogP contribution in [0.15, 0.2) is 29.2 Å². The van der Waals surface area contributed by atoms with E-state index in [-0.39, 0.29) is 0 Å². The normalized spacial score (nSPS) is 11.7. The third-order valence-electron chi connectivity index (χ3n) is 2.39. The highest BCUT2D eigenvalue weighted by molar-refractivity contribution is 7.98. The maximum absolute atomic E-state index is 12.0. The van der Waals surface area contributed by atoms with Crippen molar-refractivity contribution in [3.63, 3.8) is 0 Å². The molecule has 0 aliphatic carbocycles. The minimum atomic E-state index is -3.37. The second kappa shape index (κ2) is 7.78. The van der Waals surface area contributed by atoms with Gasteiger partial charge in [-0.25, -0.2) is 13.1 Å². The van der Waals surface area contributed by atoms with E-state index < -0.39 is 10.0 Å². The molecule has 0 bridgehead atoms. The Morgan fingerprint density at radius 2 is 2.11 bits per heavy atom. The summed E-state index contributed by atoms with van der Waals surface area (Å²) in [5, 5.41) is 3.18. The van der Waals surface area contributed by atoms with Gasteiger partial charge in [-0.15, -0.1) is 0 Å². The van der Waals surface area contributed by atoms with Crippen molar-refractivity contribution >= 4 is 21.8 Å². The summed E-state index contributed by atoms with van der Waals surface area (Å²) in [7, 11) is -3.37. The number of benzene rings is 1. The number of hydrogen-bond donors (Lipinski definition) is 2. The first-order valence-electron chi connectivity index (χ1n) is 5.88. The monoisotopic (exact) mass is 288 g/mol. The van der Waals surface area contributed by atoms with Gasteiger partial charge in [-0.1, -0.05) is 19.1 Å². The van der Waals surface area contributed by atoms with E-state index in [1.807, 2.05) is 19.2 Å². The van der Waals surface area contributed by atoms with Gasteiger partial charge in [-0.2, -0.15) is 11.8 Å². The van der Waals surface area contributed by atoms with Crippen molar-refractivity contribution in [1.82, 2.24) is 10.0 Å². The first-order chi connectivity index (χ1) is 8.60. The van der Waals surface area contributed by atoms with Gasteiger partial charge in [0.1, 0.15) is 0 Å². The Balaban J connectivity index is 2.75. The Morgan fingerprint density at radius 1 is 1.33 bits per heavy atom. The van der Waals surface area contributed by atoms with E-state index >= 15 is 0 Å². The standard InChI is InChI=1S/C12H20N2O2S2/c1-3-13-10-11-5-4-6-12(9-11)18(15,16)14-7-8-17-2/h4-6,9,13-14H,3,7-8,10H2,1-2H3. The van der Waals surface area contributed by atoms with Crippen molar-refractivity contribution in [2.45, 2.75) is 18.4 Å².